The van der Waals surface area contributed by atoms with Crippen LogP contribution in [0.2, 0.25) is 0 Å². The number of carboxylic acids is 1. The van der Waals surface area contributed by atoms with Gasteiger partial charge in [0.1, 0.15) is 60.7 Å². The molecule has 3 aromatic rings. The molecule has 121 heavy (non-hydrogen) atoms. The van der Waals surface area contributed by atoms with Gasteiger partial charge < -0.3 is 113 Å². The van der Waals surface area contributed by atoms with Crippen LogP contribution in [0, 0.1) is 0 Å². The molecular weight excluding hydrogens is 1590 g/mol. The first-order valence-electron chi connectivity index (χ1n) is 40.6. The molecule has 2 aliphatic rings. The Balaban J connectivity index is 1.12. The lowest BCUT2D eigenvalue weighted by Gasteiger charge is -2.44. The standard InChI is InChI=1S/C84H120N6O31/c1-53(91)88-76-80(117-59(7)97)78(115-57(5)95)67(50-112-55(3)93)120-82(76)110-44-24-15-13-22-42-85-70(100)40-46-108-52-73(109-47-41-71(101)86-43-23-14-16-25-45-111-83-77(89-54(2)92)81(118-60(8)98)79(116-58(6)96)68(121-83)51-113-56(4)94)90-72(102)29-21-12-11-20-28-69(99)87-48-66(119-75(105)39-38-74(103)104)49-114-84(61-26-18-17-19-27-61,62-30-34-64(106-9)35-31-62)63-32-36-65(107-10)37-33-63/h17-19,26-27,30-37,66-68,73,76-83H,11-16,20-25,28-29,38-52H2,1-10H3,(H,85,100)(H,86,101)(H,87,99)(H,88,91)(H,89,92)(H,90,102)(H,103,104). The zero-order valence-corrected chi connectivity index (χ0v) is 70.6. The van der Waals surface area contributed by atoms with E-state index in [1.54, 1.807) is 38.5 Å². The topological polar surface area (TPSA) is 479 Å². The average Bonchev–Trinajstić information content (AvgIpc) is 0.754. The van der Waals surface area contributed by atoms with Crippen LogP contribution in [0.1, 0.15) is 188 Å². The van der Waals surface area contributed by atoms with Gasteiger partial charge in [-0.3, -0.25) is 67.1 Å². The van der Waals surface area contributed by atoms with E-state index < -0.39 is 158 Å². The largest absolute Gasteiger partial charge is 0.497 e. The van der Waals surface area contributed by atoms with Crippen molar-refractivity contribution in [3.63, 3.8) is 0 Å². The predicted molar refractivity (Wildman–Crippen MR) is 427 cm³/mol. The summed E-state index contributed by atoms with van der Waals surface area (Å²) < 4.78 is 92.0. The first-order chi connectivity index (χ1) is 57.9. The number of hydrogen-bond acceptors (Lipinski definition) is 30. The molecule has 2 saturated heterocycles. The number of amides is 6. The summed E-state index contributed by atoms with van der Waals surface area (Å²) in [6.45, 7) is 8.69. The van der Waals surface area contributed by atoms with E-state index in [0.717, 1.165) is 33.3 Å². The van der Waals surface area contributed by atoms with Crippen molar-refractivity contribution in [3.8, 4) is 11.5 Å². The molecule has 0 aromatic heterocycles. The van der Waals surface area contributed by atoms with Crippen molar-refractivity contribution in [2.75, 3.05) is 86.7 Å². The number of hydrogen-bond donors (Lipinski definition) is 7. The zero-order chi connectivity index (χ0) is 88.7. The summed E-state index contributed by atoms with van der Waals surface area (Å²) in [5, 5.41) is 26.0. The molecule has 12 unspecified atom stereocenters. The highest BCUT2D eigenvalue weighted by molar-refractivity contribution is 5.79. The number of unbranched alkanes of at least 4 members (excludes halogenated alkanes) is 9. The molecular formula is C84H120N6O31. The zero-order valence-electron chi connectivity index (χ0n) is 70.6. The van der Waals surface area contributed by atoms with Gasteiger partial charge in [-0.15, -0.1) is 0 Å². The Kier molecular flexibility index (Phi) is 46.4. The molecule has 7 N–H and O–H groups in total. The van der Waals surface area contributed by atoms with Crippen LogP contribution in [-0.2, 0) is 139 Å². The van der Waals surface area contributed by atoms with E-state index in [9.17, 15) is 72.2 Å². The number of rotatable bonds is 57. The minimum absolute atomic E-state index is 0.0437. The molecule has 37 heteroatoms. The predicted octanol–water partition coefficient (Wildman–Crippen LogP) is 5.20. The highest BCUT2D eigenvalue weighted by Crippen LogP contribution is 2.42. The Hall–Kier alpha value is -10.4. The number of esters is 7. The third-order valence-electron chi connectivity index (χ3n) is 18.8. The van der Waals surface area contributed by atoms with Crippen molar-refractivity contribution < 1.29 is 148 Å². The second kappa shape index (κ2) is 55.5. The van der Waals surface area contributed by atoms with Crippen LogP contribution in [0.25, 0.3) is 0 Å². The van der Waals surface area contributed by atoms with Crippen molar-refractivity contribution in [1.82, 2.24) is 31.9 Å². The van der Waals surface area contributed by atoms with Crippen molar-refractivity contribution >= 4 is 83.2 Å². The van der Waals surface area contributed by atoms with Gasteiger partial charge in [0.2, 0.25) is 35.4 Å². The maximum atomic E-state index is 13.5. The third kappa shape index (κ3) is 38.5. The SMILES string of the molecule is COc1ccc(C(OCC(CNC(=O)CCCCCCC(=O)NC(COCCC(=O)NCCCCCCOC2OC(COC(C)=O)C(OC(C)=O)C(OC(C)=O)C2NC(C)=O)OCCC(=O)NCCCCCCOC2OC(COC(C)=O)C(OC(C)=O)C(OC(C)=O)C2NC(C)=O)OC(=O)CCC(=O)O)(c2ccccc2)c2ccc(OC)cc2)cc1. The highest BCUT2D eigenvalue weighted by atomic mass is 16.7. The normalized spacial score (nSPS) is 19.2. The Morgan fingerprint density at radius 1 is 0.430 bits per heavy atom. The van der Waals surface area contributed by atoms with Gasteiger partial charge in [-0.25, -0.2) is 0 Å². The van der Waals surface area contributed by atoms with Gasteiger partial charge in [0.25, 0.3) is 0 Å². The first-order valence-corrected chi connectivity index (χ1v) is 40.6. The molecule has 0 bridgehead atoms. The summed E-state index contributed by atoms with van der Waals surface area (Å²) >= 11 is 0. The van der Waals surface area contributed by atoms with E-state index in [1.165, 1.54) is 27.7 Å². The number of nitrogens with one attached hydrogen (secondary N) is 6. The Morgan fingerprint density at radius 3 is 1.29 bits per heavy atom. The maximum absolute atomic E-state index is 13.5. The van der Waals surface area contributed by atoms with Gasteiger partial charge in [-0.05, 0) is 79.5 Å². The van der Waals surface area contributed by atoms with E-state index in [0.29, 0.717) is 113 Å². The van der Waals surface area contributed by atoms with Crippen LogP contribution in [-0.4, -0.2) is 249 Å². The number of ether oxygens (including phenoxy) is 16. The van der Waals surface area contributed by atoms with E-state index >= 15 is 0 Å². The fourth-order valence-electron chi connectivity index (χ4n) is 13.2. The van der Waals surface area contributed by atoms with Crippen LogP contribution < -0.4 is 41.4 Å². The lowest BCUT2D eigenvalue weighted by Crippen LogP contribution is -2.66. The minimum Gasteiger partial charge on any atom is -0.497 e. The van der Waals surface area contributed by atoms with Crippen LogP contribution in [0.15, 0.2) is 78.9 Å². The number of methoxy groups -OCH3 is 2. The van der Waals surface area contributed by atoms with Gasteiger partial charge in [0.15, 0.2) is 43.2 Å². The lowest BCUT2D eigenvalue weighted by molar-refractivity contribution is -0.277. The lowest BCUT2D eigenvalue weighted by atomic mass is 9.80. The molecule has 12 atom stereocenters. The molecule has 0 spiro atoms. The second-order valence-electron chi connectivity index (χ2n) is 28.8. The fourth-order valence-corrected chi connectivity index (χ4v) is 13.2. The third-order valence-corrected chi connectivity index (χ3v) is 18.8. The Morgan fingerprint density at radius 2 is 0.851 bits per heavy atom. The first kappa shape index (κ1) is 101. The summed E-state index contributed by atoms with van der Waals surface area (Å²) in [7, 11) is 3.10. The number of benzene rings is 3. The molecule has 37 nitrogen and oxygen atoms in total. The van der Waals surface area contributed by atoms with Crippen molar-refractivity contribution in [1.29, 1.82) is 0 Å². The van der Waals surface area contributed by atoms with Crippen LogP contribution in [0.4, 0.5) is 0 Å². The summed E-state index contributed by atoms with van der Waals surface area (Å²) in [5.74, 6) is -7.49. The molecule has 3 aromatic carbocycles. The molecule has 6 amide bonds. The molecule has 672 valence electrons. The summed E-state index contributed by atoms with van der Waals surface area (Å²) in [4.78, 5) is 175. The van der Waals surface area contributed by atoms with Crippen LogP contribution in [0.3, 0.4) is 0 Å². The van der Waals surface area contributed by atoms with Crippen molar-refractivity contribution in [2.45, 2.75) is 250 Å². The molecule has 2 aliphatic heterocycles. The summed E-state index contributed by atoms with van der Waals surface area (Å²) in [5.41, 5.74) is 0.799. The highest BCUT2D eigenvalue weighted by Gasteiger charge is 2.53. The number of carbonyl (C=O) groups is 14. The smallest absolute Gasteiger partial charge is 0.306 e. The van der Waals surface area contributed by atoms with Gasteiger partial charge in [0, 0.05) is 101 Å². The second-order valence-corrected chi connectivity index (χ2v) is 28.8. The fraction of sp³-hybridized carbons (Fsp3) is 0.619. The number of aliphatic carboxylic acids is 1. The van der Waals surface area contributed by atoms with Crippen molar-refractivity contribution in [2.24, 2.45) is 0 Å². The Bertz CT molecular complexity index is 3710. The molecule has 2 heterocycles. The van der Waals surface area contributed by atoms with E-state index in [1.807, 2.05) is 54.6 Å². The van der Waals surface area contributed by atoms with E-state index in [-0.39, 0.29) is 103 Å². The average molecular weight is 1710 g/mol. The molecule has 0 radical (unpaired) electrons. The van der Waals surface area contributed by atoms with E-state index in [2.05, 4.69) is 31.9 Å². The summed E-state index contributed by atoms with van der Waals surface area (Å²) in [6.07, 6.45) is -6.04. The molecule has 0 saturated carbocycles. The minimum atomic E-state index is -1.32. The molecule has 0 aliphatic carbocycles. The number of carboxylic acid groups (broad SMARTS) is 1. The van der Waals surface area contributed by atoms with Crippen LogP contribution in [0.5, 0.6) is 11.5 Å². The van der Waals surface area contributed by atoms with Gasteiger partial charge in [-0.2, -0.15) is 0 Å². The summed E-state index contributed by atoms with van der Waals surface area (Å²) in [6, 6.07) is 21.8. The van der Waals surface area contributed by atoms with Gasteiger partial charge in [-0.1, -0.05) is 93.1 Å². The van der Waals surface area contributed by atoms with E-state index in [4.69, 9.17) is 75.8 Å². The molecule has 2 fully saturated rings. The molecule has 5 rings (SSSR count). The van der Waals surface area contributed by atoms with Crippen molar-refractivity contribution in [3.05, 3.63) is 95.6 Å². The maximum Gasteiger partial charge on any atom is 0.306 e. The monoisotopic (exact) mass is 1710 g/mol. The van der Waals surface area contributed by atoms with Gasteiger partial charge in [0.05, 0.1) is 66.5 Å². The Labute approximate surface area is 704 Å². The number of carbonyl (C=O) groups excluding carboxylic acids is 13. The van der Waals surface area contributed by atoms with Gasteiger partial charge >= 0.3 is 47.8 Å². The quantitative estimate of drug-likeness (QED) is 0.0125. The van der Waals surface area contributed by atoms with Crippen LogP contribution >= 0.6 is 0 Å².